The van der Waals surface area contributed by atoms with Gasteiger partial charge in [-0.2, -0.15) is 0 Å². The molecule has 2 aliphatic carbocycles. The third-order valence-electron chi connectivity index (χ3n) is 5.15. The van der Waals surface area contributed by atoms with Crippen LogP contribution in [0.15, 0.2) is 18.2 Å². The SMILES string of the molecule is CCC1CCC(N(C(=O)c2cccc(C(=O)O)n2)C2CC2)CC1. The first kappa shape index (κ1) is 16.0. The molecule has 0 unspecified atom stereocenters. The zero-order valence-corrected chi connectivity index (χ0v) is 13.6. The van der Waals surface area contributed by atoms with Crippen LogP contribution in [0.25, 0.3) is 0 Å². The molecule has 0 aliphatic heterocycles. The minimum atomic E-state index is -1.10. The molecule has 3 rings (SSSR count). The lowest BCUT2D eigenvalue weighted by Crippen LogP contribution is -2.44. The van der Waals surface area contributed by atoms with E-state index in [4.69, 9.17) is 5.11 Å². The number of hydrogen-bond acceptors (Lipinski definition) is 3. The summed E-state index contributed by atoms with van der Waals surface area (Å²) >= 11 is 0. The Balaban J connectivity index is 1.77. The highest BCUT2D eigenvalue weighted by Gasteiger charge is 2.39. The van der Waals surface area contributed by atoms with Gasteiger partial charge in [-0.05, 0) is 56.6 Å². The van der Waals surface area contributed by atoms with Gasteiger partial charge in [0.25, 0.3) is 5.91 Å². The second kappa shape index (κ2) is 6.69. The van der Waals surface area contributed by atoms with E-state index in [1.165, 1.54) is 25.3 Å². The number of pyridine rings is 1. The van der Waals surface area contributed by atoms with Gasteiger partial charge in [0.05, 0.1) is 0 Å². The summed E-state index contributed by atoms with van der Waals surface area (Å²) in [5, 5.41) is 9.07. The van der Waals surface area contributed by atoms with Crippen LogP contribution < -0.4 is 0 Å². The van der Waals surface area contributed by atoms with E-state index >= 15 is 0 Å². The predicted molar refractivity (Wildman–Crippen MR) is 86.4 cm³/mol. The van der Waals surface area contributed by atoms with Gasteiger partial charge >= 0.3 is 5.97 Å². The molecule has 1 aromatic rings. The van der Waals surface area contributed by atoms with E-state index in [1.807, 2.05) is 4.90 Å². The van der Waals surface area contributed by atoms with Crippen molar-refractivity contribution < 1.29 is 14.7 Å². The van der Waals surface area contributed by atoms with Gasteiger partial charge < -0.3 is 10.0 Å². The maximum atomic E-state index is 12.9. The van der Waals surface area contributed by atoms with Crippen LogP contribution in [0.3, 0.4) is 0 Å². The fraction of sp³-hybridized carbons (Fsp3) is 0.611. The standard InChI is InChI=1S/C18H24N2O3/c1-2-12-6-8-13(9-7-12)20(14-10-11-14)17(21)15-4-3-5-16(19-15)18(22)23/h3-5,12-14H,2,6-11H2,1H3,(H,22,23). The molecule has 0 radical (unpaired) electrons. The van der Waals surface area contributed by atoms with Crippen molar-refractivity contribution >= 4 is 11.9 Å². The van der Waals surface area contributed by atoms with Crippen LogP contribution in [0.4, 0.5) is 0 Å². The molecule has 5 nitrogen and oxygen atoms in total. The molecule has 0 spiro atoms. The Morgan fingerprint density at radius 2 is 1.65 bits per heavy atom. The van der Waals surface area contributed by atoms with Crippen molar-refractivity contribution in [1.82, 2.24) is 9.88 Å². The number of carboxylic acid groups (broad SMARTS) is 1. The van der Waals surface area contributed by atoms with Crippen molar-refractivity contribution in [3.05, 3.63) is 29.6 Å². The average Bonchev–Trinajstić information content (AvgIpc) is 3.40. The summed E-state index contributed by atoms with van der Waals surface area (Å²) in [6.45, 7) is 2.23. The van der Waals surface area contributed by atoms with Crippen molar-refractivity contribution in [2.24, 2.45) is 5.92 Å². The van der Waals surface area contributed by atoms with Gasteiger partial charge in [0.2, 0.25) is 0 Å². The second-order valence-electron chi connectivity index (χ2n) is 6.74. The molecule has 0 saturated heterocycles. The van der Waals surface area contributed by atoms with Crippen LogP contribution in [-0.4, -0.2) is 39.0 Å². The minimum Gasteiger partial charge on any atom is -0.477 e. The van der Waals surface area contributed by atoms with Gasteiger partial charge in [0, 0.05) is 12.1 Å². The Kier molecular flexibility index (Phi) is 4.64. The largest absolute Gasteiger partial charge is 0.477 e. The number of hydrogen-bond donors (Lipinski definition) is 1. The third kappa shape index (κ3) is 3.54. The highest BCUT2D eigenvalue weighted by Crippen LogP contribution is 2.36. The van der Waals surface area contributed by atoms with Crippen molar-refractivity contribution in [1.29, 1.82) is 0 Å². The first-order chi connectivity index (χ1) is 11.1. The number of nitrogens with zero attached hydrogens (tertiary/aromatic N) is 2. The van der Waals surface area contributed by atoms with E-state index in [9.17, 15) is 9.59 Å². The predicted octanol–water partition coefficient (Wildman–Crippen LogP) is 3.35. The maximum Gasteiger partial charge on any atom is 0.354 e. The lowest BCUT2D eigenvalue weighted by atomic mass is 9.83. The number of carbonyl (C=O) groups excluding carboxylic acids is 1. The minimum absolute atomic E-state index is 0.0683. The molecule has 1 heterocycles. The molecule has 2 aliphatic rings. The average molecular weight is 316 g/mol. The van der Waals surface area contributed by atoms with Gasteiger partial charge in [-0.15, -0.1) is 0 Å². The summed E-state index contributed by atoms with van der Waals surface area (Å²) in [6, 6.07) is 5.26. The normalized spacial score (nSPS) is 24.2. The molecule has 0 aromatic carbocycles. The molecule has 1 amide bonds. The Morgan fingerprint density at radius 1 is 1.09 bits per heavy atom. The lowest BCUT2D eigenvalue weighted by Gasteiger charge is -2.37. The molecule has 23 heavy (non-hydrogen) atoms. The number of carboxylic acids is 1. The molecule has 2 fully saturated rings. The molecule has 124 valence electrons. The van der Waals surface area contributed by atoms with Crippen molar-refractivity contribution in [2.75, 3.05) is 0 Å². The van der Waals surface area contributed by atoms with E-state index in [-0.39, 0.29) is 23.3 Å². The van der Waals surface area contributed by atoms with Crippen molar-refractivity contribution in [3.8, 4) is 0 Å². The quantitative estimate of drug-likeness (QED) is 0.904. The number of aromatic nitrogens is 1. The van der Waals surface area contributed by atoms with Crippen molar-refractivity contribution in [3.63, 3.8) is 0 Å². The Hall–Kier alpha value is -1.91. The number of rotatable bonds is 5. The number of aromatic carboxylic acids is 1. The zero-order chi connectivity index (χ0) is 16.4. The van der Waals surface area contributed by atoms with Crippen LogP contribution in [0.2, 0.25) is 0 Å². The summed E-state index contributed by atoms with van der Waals surface area (Å²) in [7, 11) is 0. The number of amides is 1. The van der Waals surface area contributed by atoms with Crippen LogP contribution >= 0.6 is 0 Å². The third-order valence-corrected chi connectivity index (χ3v) is 5.15. The molecule has 0 atom stereocenters. The van der Waals surface area contributed by atoms with Crippen LogP contribution in [0, 0.1) is 5.92 Å². The summed E-state index contributed by atoms with van der Waals surface area (Å²) in [5.74, 6) is -0.410. The lowest BCUT2D eigenvalue weighted by molar-refractivity contribution is 0.0580. The fourth-order valence-electron chi connectivity index (χ4n) is 3.62. The van der Waals surface area contributed by atoms with E-state index in [0.717, 1.165) is 31.6 Å². The Bertz CT molecular complexity index is 590. The second-order valence-corrected chi connectivity index (χ2v) is 6.74. The summed E-state index contributed by atoms with van der Waals surface area (Å²) in [4.78, 5) is 30.0. The summed E-state index contributed by atoms with van der Waals surface area (Å²) in [5.41, 5.74) is 0.190. The van der Waals surface area contributed by atoms with E-state index in [0.29, 0.717) is 6.04 Å². The van der Waals surface area contributed by atoms with Gasteiger partial charge in [-0.1, -0.05) is 19.4 Å². The first-order valence-corrected chi connectivity index (χ1v) is 8.63. The molecule has 1 aromatic heterocycles. The smallest absolute Gasteiger partial charge is 0.354 e. The maximum absolute atomic E-state index is 12.9. The van der Waals surface area contributed by atoms with Gasteiger partial charge in [-0.25, -0.2) is 9.78 Å². The van der Waals surface area contributed by atoms with Gasteiger partial charge in [-0.3, -0.25) is 4.79 Å². The number of carbonyl (C=O) groups is 2. The first-order valence-electron chi connectivity index (χ1n) is 8.63. The topological polar surface area (TPSA) is 70.5 Å². The highest BCUT2D eigenvalue weighted by molar-refractivity contribution is 5.94. The van der Waals surface area contributed by atoms with Gasteiger partial charge in [0.15, 0.2) is 0 Å². The zero-order valence-electron chi connectivity index (χ0n) is 13.6. The van der Waals surface area contributed by atoms with E-state index < -0.39 is 5.97 Å². The fourth-order valence-corrected chi connectivity index (χ4v) is 3.62. The van der Waals surface area contributed by atoms with Gasteiger partial charge in [0.1, 0.15) is 11.4 Å². The summed E-state index contributed by atoms with van der Waals surface area (Å²) < 4.78 is 0. The highest BCUT2D eigenvalue weighted by atomic mass is 16.4. The van der Waals surface area contributed by atoms with E-state index in [1.54, 1.807) is 12.1 Å². The molecule has 0 bridgehead atoms. The van der Waals surface area contributed by atoms with Crippen LogP contribution in [0.1, 0.15) is 72.8 Å². The summed E-state index contributed by atoms with van der Waals surface area (Å²) in [6.07, 6.45) is 7.79. The van der Waals surface area contributed by atoms with Crippen molar-refractivity contribution in [2.45, 2.75) is 64.0 Å². The van der Waals surface area contributed by atoms with E-state index in [2.05, 4.69) is 11.9 Å². The van der Waals surface area contributed by atoms with Crippen LogP contribution in [0.5, 0.6) is 0 Å². The molecule has 5 heteroatoms. The molecular formula is C18H24N2O3. The molecule has 2 saturated carbocycles. The monoisotopic (exact) mass is 316 g/mol. The van der Waals surface area contributed by atoms with Crippen LogP contribution in [-0.2, 0) is 0 Å². The Labute approximate surface area is 136 Å². The molecular weight excluding hydrogens is 292 g/mol. The molecule has 1 N–H and O–H groups in total. The Morgan fingerprint density at radius 3 is 2.17 bits per heavy atom.